The summed E-state index contributed by atoms with van der Waals surface area (Å²) in [6.07, 6.45) is -0.832. The summed E-state index contributed by atoms with van der Waals surface area (Å²) in [7, 11) is 0. The number of furan rings is 1. The van der Waals surface area contributed by atoms with Gasteiger partial charge in [-0.3, -0.25) is 0 Å². The zero-order valence-corrected chi connectivity index (χ0v) is 16.9. The fourth-order valence-electron chi connectivity index (χ4n) is 2.87. The minimum absolute atomic E-state index is 0.0160. The van der Waals surface area contributed by atoms with Crippen LogP contribution in [0.2, 0.25) is 5.15 Å². The van der Waals surface area contributed by atoms with Crippen molar-refractivity contribution in [3.05, 3.63) is 59.4 Å². The average molecular weight is 474 g/mol. The third-order valence-corrected chi connectivity index (χ3v) is 4.75. The first-order valence-corrected chi connectivity index (χ1v) is 9.38. The molecule has 0 aliphatic carbocycles. The van der Waals surface area contributed by atoms with Crippen molar-refractivity contribution in [2.75, 3.05) is 5.32 Å². The largest absolute Gasteiger partial charge is 0.489 e. The van der Waals surface area contributed by atoms with E-state index >= 15 is 0 Å². The van der Waals surface area contributed by atoms with Gasteiger partial charge in [-0.1, -0.05) is 11.6 Å². The van der Waals surface area contributed by atoms with Crippen molar-refractivity contribution in [2.24, 2.45) is 0 Å². The standard InChI is InChI=1S/C19H13ClF5N5O2/c1-9(19(23,24)25)28-17-15(16(20)29-18-26-8-27-30(17)18)14-12(21)4-11(5-13(14)22)32-7-10-2-3-31-6-10/h2-6,8-9,28H,7H2,1H3. The highest BCUT2D eigenvalue weighted by Gasteiger charge is 2.37. The van der Waals surface area contributed by atoms with Crippen molar-refractivity contribution >= 4 is 23.2 Å². The lowest BCUT2D eigenvalue weighted by atomic mass is 10.1. The van der Waals surface area contributed by atoms with Gasteiger partial charge >= 0.3 is 6.18 Å². The lowest BCUT2D eigenvalue weighted by Crippen LogP contribution is -2.34. The second-order valence-corrected chi connectivity index (χ2v) is 7.05. The van der Waals surface area contributed by atoms with E-state index in [4.69, 9.17) is 20.8 Å². The molecule has 1 atom stereocenters. The Hall–Kier alpha value is -3.41. The number of hydrogen-bond acceptors (Lipinski definition) is 6. The van der Waals surface area contributed by atoms with Crippen LogP contribution in [0.5, 0.6) is 5.75 Å². The molecule has 32 heavy (non-hydrogen) atoms. The molecule has 13 heteroatoms. The minimum atomic E-state index is -4.66. The Morgan fingerprint density at radius 1 is 1.22 bits per heavy atom. The second kappa shape index (κ2) is 8.26. The van der Waals surface area contributed by atoms with Crippen molar-refractivity contribution in [1.29, 1.82) is 0 Å². The maximum atomic E-state index is 15.0. The van der Waals surface area contributed by atoms with Crippen LogP contribution >= 0.6 is 11.6 Å². The predicted molar refractivity (Wildman–Crippen MR) is 103 cm³/mol. The Bertz CT molecular complexity index is 1240. The molecule has 1 unspecified atom stereocenters. The van der Waals surface area contributed by atoms with Crippen molar-refractivity contribution < 1.29 is 31.1 Å². The van der Waals surface area contributed by atoms with Gasteiger partial charge in [-0.15, -0.1) is 0 Å². The first kappa shape index (κ1) is 21.8. The average Bonchev–Trinajstić information content (AvgIpc) is 3.38. The van der Waals surface area contributed by atoms with Gasteiger partial charge in [-0.2, -0.15) is 32.8 Å². The second-order valence-electron chi connectivity index (χ2n) is 6.69. The number of ether oxygens (including phenoxy) is 1. The molecular weight excluding hydrogens is 461 g/mol. The Labute approximate surface area is 181 Å². The van der Waals surface area contributed by atoms with E-state index < -0.39 is 46.0 Å². The molecule has 0 bridgehead atoms. The molecule has 3 heterocycles. The van der Waals surface area contributed by atoms with Crippen LogP contribution in [0.1, 0.15) is 12.5 Å². The molecule has 0 spiro atoms. The summed E-state index contributed by atoms with van der Waals surface area (Å²) in [4.78, 5) is 7.65. The molecule has 4 rings (SSSR count). The molecule has 168 valence electrons. The molecule has 1 N–H and O–H groups in total. The van der Waals surface area contributed by atoms with Gasteiger partial charge in [0.2, 0.25) is 0 Å². The topological polar surface area (TPSA) is 77.5 Å². The number of benzene rings is 1. The molecule has 4 aromatic rings. The van der Waals surface area contributed by atoms with Gasteiger partial charge in [-0.25, -0.2) is 8.78 Å². The highest BCUT2D eigenvalue weighted by Crippen LogP contribution is 2.40. The highest BCUT2D eigenvalue weighted by molar-refractivity contribution is 6.33. The summed E-state index contributed by atoms with van der Waals surface area (Å²) < 4.78 is 80.7. The quantitative estimate of drug-likeness (QED) is 0.304. The maximum absolute atomic E-state index is 15.0. The molecule has 0 saturated heterocycles. The van der Waals surface area contributed by atoms with E-state index in [1.54, 1.807) is 6.07 Å². The van der Waals surface area contributed by atoms with E-state index in [2.05, 4.69) is 20.4 Å². The van der Waals surface area contributed by atoms with Gasteiger partial charge in [0.15, 0.2) is 0 Å². The van der Waals surface area contributed by atoms with Crippen LogP contribution < -0.4 is 10.1 Å². The summed E-state index contributed by atoms with van der Waals surface area (Å²) in [6.45, 7) is 0.818. The number of anilines is 1. The summed E-state index contributed by atoms with van der Waals surface area (Å²) in [5, 5.41) is 5.49. The Morgan fingerprint density at radius 2 is 1.94 bits per heavy atom. The number of nitrogens with one attached hydrogen (secondary N) is 1. The van der Waals surface area contributed by atoms with Crippen LogP contribution in [-0.2, 0) is 6.61 Å². The van der Waals surface area contributed by atoms with Crippen molar-refractivity contribution in [3.63, 3.8) is 0 Å². The molecule has 7 nitrogen and oxygen atoms in total. The predicted octanol–water partition coefficient (Wildman–Crippen LogP) is 5.26. The summed E-state index contributed by atoms with van der Waals surface area (Å²) in [6, 6.07) is 1.28. The van der Waals surface area contributed by atoms with Crippen molar-refractivity contribution in [3.8, 4) is 16.9 Å². The molecule has 0 saturated carbocycles. The molecule has 1 aromatic carbocycles. The van der Waals surface area contributed by atoms with Crippen molar-refractivity contribution in [2.45, 2.75) is 25.7 Å². The summed E-state index contributed by atoms with van der Waals surface area (Å²) >= 11 is 6.12. The zero-order chi connectivity index (χ0) is 23.0. The normalized spacial score (nSPS) is 12.8. The van der Waals surface area contributed by atoms with Crippen LogP contribution in [0.3, 0.4) is 0 Å². The van der Waals surface area contributed by atoms with E-state index in [0.717, 1.165) is 29.9 Å². The Balaban J connectivity index is 1.80. The third-order valence-electron chi connectivity index (χ3n) is 4.48. The monoisotopic (exact) mass is 473 g/mol. The third kappa shape index (κ3) is 4.17. The van der Waals surface area contributed by atoms with E-state index in [-0.39, 0.29) is 18.1 Å². The van der Waals surface area contributed by atoms with Gasteiger partial charge < -0.3 is 14.5 Å². The number of nitrogens with zero attached hydrogens (tertiary/aromatic N) is 4. The van der Waals surface area contributed by atoms with Gasteiger partial charge in [-0.05, 0) is 13.0 Å². The van der Waals surface area contributed by atoms with E-state index in [1.165, 1.54) is 12.5 Å². The molecule has 0 radical (unpaired) electrons. The SMILES string of the molecule is CC(Nc1c(-c2c(F)cc(OCc3ccoc3)cc2F)c(Cl)nc2ncnn12)C(F)(F)F. The molecule has 3 aromatic heterocycles. The number of aromatic nitrogens is 4. The summed E-state index contributed by atoms with van der Waals surface area (Å²) in [5.74, 6) is -2.98. The maximum Gasteiger partial charge on any atom is 0.408 e. The number of halogens is 6. The van der Waals surface area contributed by atoms with Gasteiger partial charge in [0.1, 0.15) is 47.3 Å². The number of hydrogen-bond donors (Lipinski definition) is 1. The fourth-order valence-corrected chi connectivity index (χ4v) is 3.13. The number of alkyl halides is 3. The first-order chi connectivity index (χ1) is 15.1. The Kier molecular flexibility index (Phi) is 5.63. The molecule has 0 aliphatic heterocycles. The lowest BCUT2D eigenvalue weighted by Gasteiger charge is -2.21. The van der Waals surface area contributed by atoms with Crippen LogP contribution in [0, 0.1) is 11.6 Å². The highest BCUT2D eigenvalue weighted by atomic mass is 35.5. The van der Waals surface area contributed by atoms with Gasteiger partial charge in [0.05, 0.1) is 23.7 Å². The minimum Gasteiger partial charge on any atom is -0.489 e. The number of rotatable bonds is 6. The zero-order valence-electron chi connectivity index (χ0n) is 16.1. The van der Waals surface area contributed by atoms with Crippen molar-refractivity contribution in [1.82, 2.24) is 19.6 Å². The molecule has 0 fully saturated rings. The first-order valence-electron chi connectivity index (χ1n) is 9.01. The fraction of sp³-hybridized carbons (Fsp3) is 0.211. The molecule has 0 amide bonds. The van der Waals surface area contributed by atoms with Crippen LogP contribution in [-0.4, -0.2) is 31.8 Å². The smallest absolute Gasteiger partial charge is 0.408 e. The van der Waals surface area contributed by atoms with Crippen LogP contribution in [0.15, 0.2) is 41.5 Å². The van der Waals surface area contributed by atoms with Gasteiger partial charge in [0.25, 0.3) is 5.78 Å². The lowest BCUT2D eigenvalue weighted by molar-refractivity contribution is -0.138. The summed E-state index contributed by atoms with van der Waals surface area (Å²) in [5.41, 5.74) is -0.518. The Morgan fingerprint density at radius 3 is 2.56 bits per heavy atom. The van der Waals surface area contributed by atoms with Gasteiger partial charge in [0, 0.05) is 17.7 Å². The molecule has 0 aliphatic rings. The van der Waals surface area contributed by atoms with E-state index in [9.17, 15) is 22.0 Å². The van der Waals surface area contributed by atoms with E-state index in [0.29, 0.717) is 5.56 Å². The number of fused-ring (bicyclic) bond motifs is 1. The van der Waals surface area contributed by atoms with Crippen LogP contribution in [0.25, 0.3) is 16.9 Å². The van der Waals surface area contributed by atoms with Crippen LogP contribution in [0.4, 0.5) is 27.8 Å². The molecular formula is C19H13ClF5N5O2. The van der Waals surface area contributed by atoms with E-state index in [1.807, 2.05) is 0 Å².